The molecule has 1 aliphatic heterocycles. The normalized spacial score (nSPS) is 24.2. The van der Waals surface area contributed by atoms with Crippen LogP contribution in [0.15, 0.2) is 24.3 Å². The van der Waals surface area contributed by atoms with Gasteiger partial charge in [0.2, 0.25) is 0 Å². The highest BCUT2D eigenvalue weighted by Gasteiger charge is 2.24. The van der Waals surface area contributed by atoms with Gasteiger partial charge < -0.3 is 4.74 Å². The van der Waals surface area contributed by atoms with Crippen molar-refractivity contribution >= 4 is 15.8 Å². The minimum absolute atomic E-state index is 0.101. The lowest BCUT2D eigenvalue weighted by atomic mass is 10.2. The smallest absolute Gasteiger partial charge is 0.330 e. The third-order valence-corrected chi connectivity index (χ3v) is 3.89. The van der Waals surface area contributed by atoms with Gasteiger partial charge >= 0.3 is 5.97 Å². The molecule has 0 amide bonds. The number of hydrogen-bond donors (Lipinski definition) is 0. The Labute approximate surface area is 83.2 Å². The summed E-state index contributed by atoms with van der Waals surface area (Å²) in [6.45, 7) is 0. The molecule has 0 aromatic rings. The van der Waals surface area contributed by atoms with Crippen molar-refractivity contribution in [3.05, 3.63) is 24.3 Å². The van der Waals surface area contributed by atoms with E-state index in [1.54, 1.807) is 12.2 Å². The Hall–Kier alpha value is -1.10. The van der Waals surface area contributed by atoms with Gasteiger partial charge in [0.15, 0.2) is 9.84 Å². The van der Waals surface area contributed by atoms with E-state index in [-0.39, 0.29) is 5.75 Å². The van der Waals surface area contributed by atoms with Crippen molar-refractivity contribution in [3.8, 4) is 0 Å². The van der Waals surface area contributed by atoms with E-state index in [9.17, 15) is 13.2 Å². The van der Waals surface area contributed by atoms with E-state index in [1.807, 2.05) is 0 Å². The molecule has 0 aromatic carbocycles. The van der Waals surface area contributed by atoms with Gasteiger partial charge in [-0.3, -0.25) is 0 Å². The second-order valence-electron chi connectivity index (χ2n) is 2.96. The molecule has 5 heteroatoms. The summed E-state index contributed by atoms with van der Waals surface area (Å²) in [5.41, 5.74) is 0. The number of carbonyl (C=O) groups excluding carboxylic acids is 1. The topological polar surface area (TPSA) is 60.4 Å². The van der Waals surface area contributed by atoms with Gasteiger partial charge in [0.25, 0.3) is 0 Å². The maximum absolute atomic E-state index is 11.3. The molecule has 4 nitrogen and oxygen atoms in total. The van der Waals surface area contributed by atoms with Crippen LogP contribution in [0.1, 0.15) is 6.42 Å². The van der Waals surface area contributed by atoms with Crippen LogP contribution in [0.5, 0.6) is 0 Å². The van der Waals surface area contributed by atoms with Crippen molar-refractivity contribution in [1.29, 1.82) is 0 Å². The van der Waals surface area contributed by atoms with Crippen molar-refractivity contribution in [2.24, 2.45) is 0 Å². The first-order valence-corrected chi connectivity index (χ1v) is 5.90. The number of ether oxygens (including phenoxy) is 1. The number of carbonyl (C=O) groups is 1. The Bertz CT molecular complexity index is 364. The lowest BCUT2D eigenvalue weighted by Crippen LogP contribution is -2.15. The molecule has 0 aromatic heterocycles. The Morgan fingerprint density at radius 1 is 1.64 bits per heavy atom. The highest BCUT2D eigenvalue weighted by Crippen LogP contribution is 2.16. The molecule has 0 radical (unpaired) electrons. The summed E-state index contributed by atoms with van der Waals surface area (Å²) >= 11 is 0. The van der Waals surface area contributed by atoms with Crippen LogP contribution < -0.4 is 0 Å². The van der Waals surface area contributed by atoms with Gasteiger partial charge in [-0.05, 0) is 6.42 Å². The molecule has 1 heterocycles. The molecule has 1 rings (SSSR count). The van der Waals surface area contributed by atoms with Crippen molar-refractivity contribution in [3.63, 3.8) is 0 Å². The molecule has 0 N–H and O–H groups in total. The van der Waals surface area contributed by atoms with Gasteiger partial charge in [-0.25, -0.2) is 13.2 Å². The van der Waals surface area contributed by atoms with E-state index in [4.69, 9.17) is 0 Å². The van der Waals surface area contributed by atoms with Gasteiger partial charge in [-0.2, -0.15) is 0 Å². The highest BCUT2D eigenvalue weighted by atomic mass is 32.2. The van der Waals surface area contributed by atoms with Crippen LogP contribution >= 0.6 is 0 Å². The van der Waals surface area contributed by atoms with E-state index in [0.717, 1.165) is 0 Å². The SMILES string of the molecule is COC(=O)/C=C/CC1C=CCS1(=O)=O. The van der Waals surface area contributed by atoms with Gasteiger partial charge in [0.1, 0.15) is 0 Å². The van der Waals surface area contributed by atoms with E-state index in [1.165, 1.54) is 19.3 Å². The number of rotatable bonds is 3. The predicted molar refractivity (Wildman–Crippen MR) is 52.5 cm³/mol. The van der Waals surface area contributed by atoms with Crippen LogP contribution in [0.25, 0.3) is 0 Å². The Balaban J connectivity index is 2.50. The van der Waals surface area contributed by atoms with E-state index < -0.39 is 21.1 Å². The Kier molecular flexibility index (Phi) is 3.46. The number of allylic oxidation sites excluding steroid dienone is 1. The van der Waals surface area contributed by atoms with Crippen LogP contribution in [0.4, 0.5) is 0 Å². The molecule has 0 spiro atoms. The van der Waals surface area contributed by atoms with E-state index in [2.05, 4.69) is 4.74 Å². The number of sulfone groups is 1. The average molecular weight is 216 g/mol. The van der Waals surface area contributed by atoms with Crippen LogP contribution in [0.2, 0.25) is 0 Å². The fourth-order valence-electron chi connectivity index (χ4n) is 1.18. The first-order valence-electron chi connectivity index (χ1n) is 4.19. The molecule has 1 aliphatic rings. The van der Waals surface area contributed by atoms with Crippen molar-refractivity contribution < 1.29 is 17.9 Å². The third kappa shape index (κ3) is 2.70. The number of esters is 1. The van der Waals surface area contributed by atoms with Gasteiger partial charge in [-0.1, -0.05) is 18.2 Å². The molecular weight excluding hydrogens is 204 g/mol. The lowest BCUT2D eigenvalue weighted by Gasteiger charge is -2.03. The lowest BCUT2D eigenvalue weighted by molar-refractivity contribution is -0.134. The molecule has 1 atom stereocenters. The first-order chi connectivity index (χ1) is 6.56. The first kappa shape index (κ1) is 11.0. The summed E-state index contributed by atoms with van der Waals surface area (Å²) in [5.74, 6) is -0.367. The van der Waals surface area contributed by atoms with Gasteiger partial charge in [-0.15, -0.1) is 0 Å². The van der Waals surface area contributed by atoms with Crippen LogP contribution in [0, 0.1) is 0 Å². The molecule has 78 valence electrons. The number of hydrogen-bond acceptors (Lipinski definition) is 4. The zero-order chi connectivity index (χ0) is 10.6. The second-order valence-corrected chi connectivity index (χ2v) is 5.22. The molecule has 14 heavy (non-hydrogen) atoms. The summed E-state index contributed by atoms with van der Waals surface area (Å²) in [7, 11) is -1.73. The summed E-state index contributed by atoms with van der Waals surface area (Å²) in [4.78, 5) is 10.7. The largest absolute Gasteiger partial charge is 0.466 e. The van der Waals surface area contributed by atoms with Gasteiger partial charge in [0.05, 0.1) is 18.1 Å². The van der Waals surface area contributed by atoms with Crippen molar-refractivity contribution in [1.82, 2.24) is 0 Å². The summed E-state index contributed by atoms with van der Waals surface area (Å²) in [6, 6.07) is 0. The minimum atomic E-state index is -3.01. The fourth-order valence-corrected chi connectivity index (χ4v) is 2.56. The van der Waals surface area contributed by atoms with E-state index in [0.29, 0.717) is 6.42 Å². The maximum atomic E-state index is 11.3. The van der Waals surface area contributed by atoms with E-state index >= 15 is 0 Å². The molecule has 0 aliphatic carbocycles. The van der Waals surface area contributed by atoms with Crippen LogP contribution in [-0.4, -0.2) is 32.5 Å². The van der Waals surface area contributed by atoms with Crippen LogP contribution in [0.3, 0.4) is 0 Å². The number of methoxy groups -OCH3 is 1. The zero-order valence-electron chi connectivity index (χ0n) is 7.84. The Morgan fingerprint density at radius 2 is 2.36 bits per heavy atom. The predicted octanol–water partition coefficient (Wildman–Crippen LogP) is 0.459. The Morgan fingerprint density at radius 3 is 2.86 bits per heavy atom. The summed E-state index contributed by atoms with van der Waals surface area (Å²) in [5, 5.41) is -0.483. The third-order valence-electron chi connectivity index (χ3n) is 1.96. The highest BCUT2D eigenvalue weighted by molar-refractivity contribution is 7.92. The second kappa shape index (κ2) is 4.41. The van der Waals surface area contributed by atoms with Crippen molar-refractivity contribution in [2.75, 3.05) is 12.9 Å². The quantitative estimate of drug-likeness (QED) is 0.390. The monoisotopic (exact) mass is 216 g/mol. The average Bonchev–Trinajstić information content (AvgIpc) is 2.45. The van der Waals surface area contributed by atoms with Crippen molar-refractivity contribution in [2.45, 2.75) is 11.7 Å². The van der Waals surface area contributed by atoms with Gasteiger partial charge in [0, 0.05) is 6.08 Å². The summed E-state index contributed by atoms with van der Waals surface area (Å²) in [6.07, 6.45) is 6.36. The molecule has 0 saturated heterocycles. The molecule has 1 unspecified atom stereocenters. The fraction of sp³-hybridized carbons (Fsp3) is 0.444. The standard InChI is InChI=1S/C9H12O4S/c1-13-9(10)6-2-4-8-5-3-7-14(8,11)12/h2-3,5-6,8H,4,7H2,1H3/b6-2+. The molecule has 0 saturated carbocycles. The molecule has 0 fully saturated rings. The van der Waals surface area contributed by atoms with Crippen LogP contribution in [-0.2, 0) is 19.4 Å². The minimum Gasteiger partial charge on any atom is -0.466 e. The summed E-state index contributed by atoms with van der Waals surface area (Å²) < 4.78 is 27.0. The zero-order valence-corrected chi connectivity index (χ0v) is 8.66. The maximum Gasteiger partial charge on any atom is 0.330 e. The molecule has 0 bridgehead atoms. The molecular formula is C9H12O4S.